The fraction of sp³-hybridized carbons (Fsp3) is 0.611. The number of rotatable bonds is 5. The van der Waals surface area contributed by atoms with Crippen molar-refractivity contribution in [1.29, 1.82) is 0 Å². The highest BCUT2D eigenvalue weighted by molar-refractivity contribution is 7.89. The molecule has 2 rings (SSSR count). The molecule has 1 fully saturated rings. The number of alkyl halides is 3. The van der Waals surface area contributed by atoms with Crippen LogP contribution in [0.3, 0.4) is 0 Å². The molecular formula is C18H26F3NO5SSi. The number of carboxylic acids is 1. The van der Waals surface area contributed by atoms with Gasteiger partial charge in [0.2, 0.25) is 10.0 Å². The SMILES string of the molecule is CC(C)(C)[Si](C)(C)OC1CC(C(=O)O)N(S(=O)(=O)c2ccc(C(F)(F)F)cc2)C1. The largest absolute Gasteiger partial charge is 0.480 e. The molecule has 0 radical (unpaired) electrons. The van der Waals surface area contributed by atoms with Crippen LogP contribution >= 0.6 is 0 Å². The van der Waals surface area contributed by atoms with E-state index >= 15 is 0 Å². The zero-order chi connectivity index (χ0) is 22.4. The minimum absolute atomic E-state index is 0.0122. The summed E-state index contributed by atoms with van der Waals surface area (Å²) in [6.07, 6.45) is -5.20. The molecule has 164 valence electrons. The van der Waals surface area contributed by atoms with Gasteiger partial charge in [0.15, 0.2) is 8.32 Å². The van der Waals surface area contributed by atoms with Gasteiger partial charge in [0, 0.05) is 13.0 Å². The van der Waals surface area contributed by atoms with E-state index < -0.39 is 48.2 Å². The Bertz CT molecular complexity index is 863. The Balaban J connectivity index is 2.32. The van der Waals surface area contributed by atoms with Crippen molar-refractivity contribution in [2.24, 2.45) is 0 Å². The Hall–Kier alpha value is -1.43. The molecule has 11 heteroatoms. The van der Waals surface area contributed by atoms with Gasteiger partial charge < -0.3 is 9.53 Å². The van der Waals surface area contributed by atoms with Crippen molar-refractivity contribution >= 4 is 24.3 Å². The van der Waals surface area contributed by atoms with Crippen molar-refractivity contribution in [3.8, 4) is 0 Å². The lowest BCUT2D eigenvalue weighted by atomic mass is 10.2. The lowest BCUT2D eigenvalue weighted by Gasteiger charge is -2.38. The highest BCUT2D eigenvalue weighted by Crippen LogP contribution is 2.40. The van der Waals surface area contributed by atoms with Gasteiger partial charge in [0.05, 0.1) is 16.6 Å². The maximum atomic E-state index is 13.0. The van der Waals surface area contributed by atoms with Gasteiger partial charge in [0.25, 0.3) is 0 Å². The first kappa shape index (κ1) is 23.8. The molecule has 0 amide bonds. The molecule has 0 saturated carbocycles. The zero-order valence-corrected chi connectivity index (χ0v) is 18.8. The molecule has 1 aliphatic rings. The van der Waals surface area contributed by atoms with Crippen LogP contribution in [0.25, 0.3) is 0 Å². The van der Waals surface area contributed by atoms with Gasteiger partial charge in [-0.25, -0.2) is 8.42 Å². The average molecular weight is 454 g/mol. The maximum Gasteiger partial charge on any atom is 0.416 e. The Kier molecular flexibility index (Phi) is 6.31. The molecule has 1 heterocycles. The van der Waals surface area contributed by atoms with E-state index in [1.54, 1.807) is 0 Å². The second-order valence-electron chi connectivity index (χ2n) is 8.69. The van der Waals surface area contributed by atoms with Crippen LogP contribution in [0, 0.1) is 0 Å². The van der Waals surface area contributed by atoms with Gasteiger partial charge in [-0.2, -0.15) is 17.5 Å². The minimum Gasteiger partial charge on any atom is -0.480 e. The summed E-state index contributed by atoms with van der Waals surface area (Å²) < 4.78 is 71.1. The third-order valence-corrected chi connectivity index (χ3v) is 12.0. The first-order valence-corrected chi connectivity index (χ1v) is 13.4. The van der Waals surface area contributed by atoms with E-state index in [9.17, 15) is 31.5 Å². The number of benzene rings is 1. The molecule has 0 spiro atoms. The number of halogens is 3. The van der Waals surface area contributed by atoms with E-state index in [1.165, 1.54) is 0 Å². The Labute approximate surface area is 169 Å². The second-order valence-corrected chi connectivity index (χ2v) is 15.3. The first-order chi connectivity index (χ1) is 13.0. The van der Waals surface area contributed by atoms with E-state index in [0.29, 0.717) is 12.1 Å². The van der Waals surface area contributed by atoms with Gasteiger partial charge in [-0.3, -0.25) is 4.79 Å². The van der Waals surface area contributed by atoms with Crippen LogP contribution in [-0.4, -0.2) is 50.8 Å². The molecule has 1 N–H and O–H groups in total. The van der Waals surface area contributed by atoms with Crippen LogP contribution in [0.5, 0.6) is 0 Å². The van der Waals surface area contributed by atoms with Crippen molar-refractivity contribution < 1.29 is 35.9 Å². The van der Waals surface area contributed by atoms with Gasteiger partial charge >= 0.3 is 12.1 Å². The van der Waals surface area contributed by atoms with Crippen LogP contribution in [-0.2, 0) is 25.4 Å². The molecule has 6 nitrogen and oxygen atoms in total. The van der Waals surface area contributed by atoms with E-state index in [1.807, 2.05) is 33.9 Å². The third-order valence-electron chi connectivity index (χ3n) is 5.56. The molecule has 1 aromatic carbocycles. The molecule has 1 saturated heterocycles. The minimum atomic E-state index is -4.60. The Morgan fingerprint density at radius 1 is 1.17 bits per heavy atom. The van der Waals surface area contributed by atoms with Crippen LogP contribution < -0.4 is 0 Å². The van der Waals surface area contributed by atoms with Crippen LogP contribution in [0.15, 0.2) is 29.2 Å². The molecule has 1 aromatic rings. The predicted molar refractivity (Wildman–Crippen MR) is 103 cm³/mol. The topological polar surface area (TPSA) is 83.9 Å². The summed E-state index contributed by atoms with van der Waals surface area (Å²) >= 11 is 0. The fourth-order valence-electron chi connectivity index (χ4n) is 2.89. The number of aliphatic carboxylic acids is 1. The quantitative estimate of drug-likeness (QED) is 0.683. The molecule has 1 aliphatic heterocycles. The number of hydrogen-bond acceptors (Lipinski definition) is 4. The van der Waals surface area contributed by atoms with E-state index in [0.717, 1.165) is 16.4 Å². The maximum absolute atomic E-state index is 13.0. The molecule has 0 aromatic heterocycles. The summed E-state index contributed by atoms with van der Waals surface area (Å²) in [6, 6.07) is 1.69. The first-order valence-electron chi connectivity index (χ1n) is 9.06. The smallest absolute Gasteiger partial charge is 0.416 e. The Morgan fingerprint density at radius 3 is 2.10 bits per heavy atom. The van der Waals surface area contributed by atoms with Crippen LogP contribution in [0.2, 0.25) is 18.1 Å². The normalized spacial score (nSPS) is 22.1. The molecule has 2 atom stereocenters. The summed E-state index contributed by atoms with van der Waals surface area (Å²) in [5.41, 5.74) is -0.980. The third kappa shape index (κ3) is 5.01. The fourth-order valence-corrected chi connectivity index (χ4v) is 5.87. The van der Waals surface area contributed by atoms with Gasteiger partial charge in [-0.1, -0.05) is 20.8 Å². The van der Waals surface area contributed by atoms with Crippen molar-refractivity contribution in [2.45, 2.75) is 68.5 Å². The number of hydrogen-bond donors (Lipinski definition) is 1. The average Bonchev–Trinajstić information content (AvgIpc) is 2.97. The van der Waals surface area contributed by atoms with E-state index in [-0.39, 0.29) is 22.9 Å². The molecule has 0 bridgehead atoms. The molecule has 29 heavy (non-hydrogen) atoms. The van der Waals surface area contributed by atoms with E-state index in [4.69, 9.17) is 4.43 Å². The standard InChI is InChI=1S/C18H26F3NO5SSi/c1-17(2,3)29(4,5)27-13-10-15(16(23)24)22(11-13)28(25,26)14-8-6-12(7-9-14)18(19,20)21/h6-9,13,15H,10-11H2,1-5H3,(H,23,24). The van der Waals surface area contributed by atoms with Crippen molar-refractivity contribution in [3.05, 3.63) is 29.8 Å². The summed E-state index contributed by atoms with van der Waals surface area (Å²) in [7, 11) is -6.57. The van der Waals surface area contributed by atoms with E-state index in [2.05, 4.69) is 0 Å². The summed E-state index contributed by atoms with van der Waals surface area (Å²) in [5.74, 6) is -1.32. The van der Waals surface area contributed by atoms with Gasteiger partial charge in [0.1, 0.15) is 6.04 Å². The monoisotopic (exact) mass is 453 g/mol. The summed E-state index contributed by atoms with van der Waals surface area (Å²) in [4.78, 5) is 11.3. The number of carbonyl (C=O) groups is 1. The zero-order valence-electron chi connectivity index (χ0n) is 16.9. The highest BCUT2D eigenvalue weighted by atomic mass is 32.2. The summed E-state index contributed by atoms with van der Waals surface area (Å²) in [6.45, 7) is 9.84. The lowest BCUT2D eigenvalue weighted by molar-refractivity contribution is -0.140. The van der Waals surface area contributed by atoms with Gasteiger partial charge in [-0.15, -0.1) is 0 Å². The van der Waals surface area contributed by atoms with Crippen LogP contribution in [0.1, 0.15) is 32.8 Å². The summed E-state index contributed by atoms with van der Waals surface area (Å²) in [5, 5.41) is 9.37. The molecular weight excluding hydrogens is 427 g/mol. The molecule has 0 aliphatic carbocycles. The second kappa shape index (κ2) is 7.68. The highest BCUT2D eigenvalue weighted by Gasteiger charge is 2.48. The number of carboxylic acid groups (broad SMARTS) is 1. The number of nitrogens with zero attached hydrogens (tertiary/aromatic N) is 1. The lowest BCUT2D eigenvalue weighted by Crippen LogP contribution is -2.45. The Morgan fingerprint density at radius 2 is 1.69 bits per heavy atom. The van der Waals surface area contributed by atoms with Crippen LogP contribution in [0.4, 0.5) is 13.2 Å². The van der Waals surface area contributed by atoms with Crippen molar-refractivity contribution in [1.82, 2.24) is 4.31 Å². The predicted octanol–water partition coefficient (Wildman–Crippen LogP) is 3.94. The van der Waals surface area contributed by atoms with Crippen molar-refractivity contribution in [2.75, 3.05) is 6.54 Å². The molecule has 2 unspecified atom stereocenters. The van der Waals surface area contributed by atoms with Gasteiger partial charge in [-0.05, 0) is 42.4 Å². The number of sulfonamides is 1. The van der Waals surface area contributed by atoms with Crippen molar-refractivity contribution in [3.63, 3.8) is 0 Å².